The number of nitrogens with zero attached hydrogens (tertiary/aromatic N) is 3. The Hall–Kier alpha value is -2.95. The lowest BCUT2D eigenvalue weighted by Crippen LogP contribution is -2.32. The van der Waals surface area contributed by atoms with Gasteiger partial charge in [-0.2, -0.15) is 0 Å². The van der Waals surface area contributed by atoms with Gasteiger partial charge in [-0.3, -0.25) is 4.57 Å². The molecule has 0 radical (unpaired) electrons. The Labute approximate surface area is 252 Å². The summed E-state index contributed by atoms with van der Waals surface area (Å²) in [5, 5.41) is 10.3. The molecule has 40 heavy (non-hydrogen) atoms. The molecule has 0 aliphatic carbocycles. The van der Waals surface area contributed by atoms with Gasteiger partial charge < -0.3 is 0 Å². The molecule has 4 aromatic carbocycles. The zero-order chi connectivity index (χ0) is 28.1. The maximum atomic E-state index is 13.6. The number of hydrogen-bond donors (Lipinski definition) is 1. The van der Waals surface area contributed by atoms with Crippen LogP contribution in [0.25, 0.3) is 5.69 Å². The summed E-state index contributed by atoms with van der Waals surface area (Å²) in [4.78, 5) is 0.164. The molecule has 1 aromatic heterocycles. The maximum Gasteiger partial charge on any atom is 0.241 e. The third kappa shape index (κ3) is 6.85. The third-order valence-corrected chi connectivity index (χ3v) is 9.55. The number of hydrogen-bond acceptors (Lipinski definition) is 5. The minimum Gasteiger partial charge on any atom is -0.272 e. The van der Waals surface area contributed by atoms with Crippen molar-refractivity contribution in [3.63, 3.8) is 0 Å². The number of aromatic nitrogens is 3. The van der Waals surface area contributed by atoms with E-state index in [0.29, 0.717) is 28.2 Å². The standard InChI is InChI=1S/C30H26BrClN4O2S2/c1-21-12-15-25(32)19-28(21)36-29(33-34-30(36)39-20-23-10-6-3-7-11-23)27(18-22-8-4-2-5-9-22)35-40(37,38)26-16-13-24(31)14-17-26/h2-17,19,27,35H,18,20H2,1H3. The third-order valence-electron chi connectivity index (χ3n) is 6.30. The number of aryl methyl sites for hydroxylation is 1. The lowest BCUT2D eigenvalue weighted by Gasteiger charge is -2.21. The molecule has 5 aromatic rings. The molecule has 0 amide bonds. The van der Waals surface area contributed by atoms with Gasteiger partial charge in [0, 0.05) is 15.2 Å². The van der Waals surface area contributed by atoms with E-state index in [1.54, 1.807) is 24.3 Å². The van der Waals surface area contributed by atoms with Crippen molar-refractivity contribution < 1.29 is 8.42 Å². The molecule has 1 atom stereocenters. The highest BCUT2D eigenvalue weighted by molar-refractivity contribution is 9.10. The predicted molar refractivity (Wildman–Crippen MR) is 164 cm³/mol. The fraction of sp³-hybridized carbons (Fsp3) is 0.133. The SMILES string of the molecule is Cc1ccc(Cl)cc1-n1c(SCc2ccccc2)nnc1C(Cc1ccccc1)NS(=O)(=O)c1ccc(Br)cc1. The van der Waals surface area contributed by atoms with Crippen LogP contribution in [-0.2, 0) is 22.2 Å². The molecule has 6 nitrogen and oxygen atoms in total. The van der Waals surface area contributed by atoms with Gasteiger partial charge >= 0.3 is 0 Å². The van der Waals surface area contributed by atoms with Crippen LogP contribution in [0.3, 0.4) is 0 Å². The summed E-state index contributed by atoms with van der Waals surface area (Å²) in [5.41, 5.74) is 3.86. The van der Waals surface area contributed by atoms with Gasteiger partial charge in [-0.1, -0.05) is 106 Å². The van der Waals surface area contributed by atoms with Crippen LogP contribution < -0.4 is 4.72 Å². The van der Waals surface area contributed by atoms with E-state index in [1.807, 2.05) is 78.2 Å². The Morgan fingerprint density at radius 3 is 2.23 bits per heavy atom. The van der Waals surface area contributed by atoms with Crippen molar-refractivity contribution in [2.24, 2.45) is 0 Å². The summed E-state index contributed by atoms with van der Waals surface area (Å²) in [6, 6.07) is 31.3. The molecule has 0 fully saturated rings. The predicted octanol–water partition coefficient (Wildman–Crippen LogP) is 7.55. The molecule has 0 aliphatic rings. The Morgan fingerprint density at radius 1 is 0.900 bits per heavy atom. The Balaban J connectivity index is 1.61. The highest BCUT2D eigenvalue weighted by Crippen LogP contribution is 2.32. The van der Waals surface area contributed by atoms with Gasteiger partial charge in [0.1, 0.15) is 0 Å². The smallest absolute Gasteiger partial charge is 0.241 e. The summed E-state index contributed by atoms with van der Waals surface area (Å²) in [7, 11) is -3.89. The molecular formula is C30H26BrClN4O2S2. The van der Waals surface area contributed by atoms with Crippen molar-refractivity contribution in [3.05, 3.63) is 135 Å². The number of halogens is 2. The van der Waals surface area contributed by atoms with Crippen LogP contribution in [0.4, 0.5) is 0 Å². The van der Waals surface area contributed by atoms with Crippen LogP contribution in [0.2, 0.25) is 5.02 Å². The first-order valence-corrected chi connectivity index (χ1v) is 16.1. The number of benzene rings is 4. The minimum atomic E-state index is -3.89. The zero-order valence-electron chi connectivity index (χ0n) is 21.5. The van der Waals surface area contributed by atoms with Crippen LogP contribution >= 0.6 is 39.3 Å². The molecule has 1 unspecified atom stereocenters. The summed E-state index contributed by atoms with van der Waals surface area (Å²) < 4.78 is 32.8. The Bertz CT molecular complexity index is 1700. The van der Waals surface area contributed by atoms with Gasteiger partial charge in [0.25, 0.3) is 0 Å². The second-order valence-corrected chi connectivity index (χ2v) is 13.2. The summed E-state index contributed by atoms with van der Waals surface area (Å²) >= 11 is 11.4. The quantitative estimate of drug-likeness (QED) is 0.158. The molecule has 0 spiro atoms. The average molecular weight is 654 g/mol. The van der Waals surface area contributed by atoms with Crippen LogP contribution in [0, 0.1) is 6.92 Å². The number of thioether (sulfide) groups is 1. The first-order chi connectivity index (χ1) is 19.3. The van der Waals surface area contributed by atoms with Gasteiger partial charge in [-0.25, -0.2) is 13.1 Å². The molecule has 10 heteroatoms. The second-order valence-electron chi connectivity index (χ2n) is 9.20. The van der Waals surface area contributed by atoms with Crippen molar-refractivity contribution in [1.29, 1.82) is 0 Å². The lowest BCUT2D eigenvalue weighted by molar-refractivity contribution is 0.537. The summed E-state index contributed by atoms with van der Waals surface area (Å²) in [5.74, 6) is 1.15. The Kier molecular flexibility index (Phi) is 9.07. The lowest BCUT2D eigenvalue weighted by atomic mass is 10.1. The first kappa shape index (κ1) is 28.6. The second kappa shape index (κ2) is 12.7. The highest BCUT2D eigenvalue weighted by Gasteiger charge is 2.29. The van der Waals surface area contributed by atoms with Crippen molar-refractivity contribution in [2.75, 3.05) is 0 Å². The van der Waals surface area contributed by atoms with E-state index in [2.05, 4.69) is 43.0 Å². The van der Waals surface area contributed by atoms with Crippen LogP contribution in [0.5, 0.6) is 0 Å². The van der Waals surface area contributed by atoms with Crippen LogP contribution in [0.15, 0.2) is 118 Å². The van der Waals surface area contributed by atoms with E-state index in [4.69, 9.17) is 11.6 Å². The van der Waals surface area contributed by atoms with Gasteiger partial charge in [0.05, 0.1) is 16.6 Å². The molecular weight excluding hydrogens is 628 g/mol. The molecule has 1 N–H and O–H groups in total. The van der Waals surface area contributed by atoms with Gasteiger partial charge in [-0.15, -0.1) is 10.2 Å². The van der Waals surface area contributed by atoms with Crippen molar-refractivity contribution >= 4 is 49.3 Å². The van der Waals surface area contributed by atoms with E-state index in [0.717, 1.165) is 26.9 Å². The first-order valence-electron chi connectivity index (χ1n) is 12.5. The minimum absolute atomic E-state index is 0.164. The summed E-state index contributed by atoms with van der Waals surface area (Å²) in [6.45, 7) is 1.99. The topological polar surface area (TPSA) is 76.9 Å². The molecule has 204 valence electrons. The summed E-state index contributed by atoms with van der Waals surface area (Å²) in [6.07, 6.45) is 0.373. The molecule has 0 aliphatic heterocycles. The fourth-order valence-corrected chi connectivity index (χ4v) is 6.81. The van der Waals surface area contributed by atoms with Crippen LogP contribution in [0.1, 0.15) is 28.6 Å². The molecule has 0 bridgehead atoms. The molecule has 0 saturated heterocycles. The van der Waals surface area contributed by atoms with E-state index in [9.17, 15) is 8.42 Å². The number of nitrogens with one attached hydrogen (secondary N) is 1. The van der Waals surface area contributed by atoms with E-state index >= 15 is 0 Å². The fourth-order valence-electron chi connectivity index (χ4n) is 4.28. The largest absolute Gasteiger partial charge is 0.272 e. The van der Waals surface area contributed by atoms with Crippen molar-refractivity contribution in [2.45, 2.75) is 35.2 Å². The molecule has 0 saturated carbocycles. The van der Waals surface area contributed by atoms with E-state index in [-0.39, 0.29) is 4.90 Å². The van der Waals surface area contributed by atoms with Crippen LogP contribution in [-0.4, -0.2) is 23.2 Å². The van der Waals surface area contributed by atoms with E-state index in [1.165, 1.54) is 11.8 Å². The van der Waals surface area contributed by atoms with Gasteiger partial charge in [0.15, 0.2) is 11.0 Å². The average Bonchev–Trinajstić information content (AvgIpc) is 3.38. The van der Waals surface area contributed by atoms with Crippen molar-refractivity contribution in [3.8, 4) is 5.69 Å². The highest BCUT2D eigenvalue weighted by atomic mass is 79.9. The van der Waals surface area contributed by atoms with Crippen molar-refractivity contribution in [1.82, 2.24) is 19.5 Å². The molecule has 5 rings (SSSR count). The Morgan fingerprint density at radius 2 is 1.55 bits per heavy atom. The zero-order valence-corrected chi connectivity index (χ0v) is 25.5. The normalized spacial score (nSPS) is 12.4. The van der Waals surface area contributed by atoms with Gasteiger partial charge in [0.2, 0.25) is 10.0 Å². The number of rotatable bonds is 10. The maximum absolute atomic E-state index is 13.6. The van der Waals surface area contributed by atoms with E-state index < -0.39 is 16.1 Å². The van der Waals surface area contributed by atoms with Gasteiger partial charge in [-0.05, 0) is 66.4 Å². The molecule has 1 heterocycles. The monoisotopic (exact) mass is 652 g/mol. The number of sulfonamides is 1.